The minimum atomic E-state index is -4.66. The highest BCUT2D eigenvalue weighted by Gasteiger charge is 2.32. The van der Waals surface area contributed by atoms with E-state index in [1.165, 1.54) is 24.5 Å². The maximum Gasteiger partial charge on any atom is 0.416 e. The Hall–Kier alpha value is -3.39. The summed E-state index contributed by atoms with van der Waals surface area (Å²) < 4.78 is 67.6. The van der Waals surface area contributed by atoms with Crippen molar-refractivity contribution in [2.45, 2.75) is 11.1 Å². The Bertz CT molecular complexity index is 1120. The molecule has 0 aliphatic rings. The van der Waals surface area contributed by atoms with E-state index in [4.69, 9.17) is 5.26 Å². The van der Waals surface area contributed by atoms with E-state index in [1.807, 2.05) is 0 Å². The molecule has 3 aromatic rings. The van der Waals surface area contributed by atoms with Gasteiger partial charge in [0.2, 0.25) is 0 Å². The van der Waals surface area contributed by atoms with Crippen molar-refractivity contribution in [2.24, 2.45) is 0 Å². The average molecular weight is 393 g/mol. The number of aromatic nitrogens is 3. The highest BCUT2D eigenvalue weighted by atomic mass is 32.2. The van der Waals surface area contributed by atoms with E-state index in [0.717, 1.165) is 29.2 Å². The van der Waals surface area contributed by atoms with E-state index in [-0.39, 0.29) is 21.8 Å². The molecule has 0 fully saturated rings. The monoisotopic (exact) mass is 393 g/mol. The molecule has 0 aliphatic carbocycles. The van der Waals surface area contributed by atoms with Crippen LogP contribution in [-0.4, -0.2) is 23.2 Å². The van der Waals surface area contributed by atoms with Gasteiger partial charge in [0, 0.05) is 0 Å². The maximum absolute atomic E-state index is 13.0. The second-order valence-corrected chi connectivity index (χ2v) is 7.00. The number of nitrogens with zero attached hydrogens (tertiary/aromatic N) is 4. The molecule has 0 unspecified atom stereocenters. The summed E-state index contributed by atoms with van der Waals surface area (Å²) in [6, 6.07) is 9.48. The van der Waals surface area contributed by atoms with E-state index < -0.39 is 21.8 Å². The summed E-state index contributed by atoms with van der Waals surface area (Å²) in [5.74, 6) is 0. The van der Waals surface area contributed by atoms with Gasteiger partial charge in [-0.2, -0.15) is 23.5 Å². The Kier molecular flexibility index (Phi) is 4.59. The molecule has 11 heteroatoms. The van der Waals surface area contributed by atoms with Crippen LogP contribution in [0.25, 0.3) is 5.69 Å². The molecule has 1 N–H and O–H groups in total. The predicted octanol–water partition coefficient (Wildman–Crippen LogP) is 2.96. The van der Waals surface area contributed by atoms with E-state index in [0.29, 0.717) is 6.07 Å². The summed E-state index contributed by atoms with van der Waals surface area (Å²) in [4.78, 5) is 3.44. The topological polar surface area (TPSA) is 101 Å². The first kappa shape index (κ1) is 18.4. The Morgan fingerprint density at radius 1 is 1.15 bits per heavy atom. The van der Waals surface area contributed by atoms with Crippen LogP contribution >= 0.6 is 0 Å². The summed E-state index contributed by atoms with van der Waals surface area (Å²) in [6.07, 6.45) is -2.29. The van der Waals surface area contributed by atoms with Crippen molar-refractivity contribution >= 4 is 15.7 Å². The fourth-order valence-corrected chi connectivity index (χ4v) is 3.37. The van der Waals surface area contributed by atoms with Gasteiger partial charge in [0.25, 0.3) is 10.0 Å². The van der Waals surface area contributed by atoms with Crippen LogP contribution < -0.4 is 4.72 Å². The lowest BCUT2D eigenvalue weighted by Crippen LogP contribution is -2.16. The molecule has 1 heterocycles. The highest BCUT2D eigenvalue weighted by molar-refractivity contribution is 7.92. The molecule has 0 amide bonds. The van der Waals surface area contributed by atoms with Crippen LogP contribution in [0.2, 0.25) is 0 Å². The Morgan fingerprint density at radius 2 is 1.93 bits per heavy atom. The molecule has 0 spiro atoms. The number of rotatable bonds is 4. The number of hydrogen-bond donors (Lipinski definition) is 1. The zero-order chi connectivity index (χ0) is 19.7. The second-order valence-electron chi connectivity index (χ2n) is 5.31. The van der Waals surface area contributed by atoms with Gasteiger partial charge in [-0.1, -0.05) is 6.07 Å². The van der Waals surface area contributed by atoms with Gasteiger partial charge in [-0.15, -0.1) is 0 Å². The molecule has 1 aromatic heterocycles. The summed E-state index contributed by atoms with van der Waals surface area (Å²) in [5, 5.41) is 12.7. The molecular formula is C16H10F3N5O2S. The fraction of sp³-hybridized carbons (Fsp3) is 0.0625. The molecule has 0 aliphatic heterocycles. The van der Waals surface area contributed by atoms with Crippen molar-refractivity contribution in [2.75, 3.05) is 4.72 Å². The third kappa shape index (κ3) is 3.90. The van der Waals surface area contributed by atoms with Crippen LogP contribution in [0.5, 0.6) is 0 Å². The van der Waals surface area contributed by atoms with Crippen LogP contribution in [0, 0.1) is 11.3 Å². The summed E-state index contributed by atoms with van der Waals surface area (Å²) in [5.41, 5.74) is -1.22. The smallest absolute Gasteiger partial charge is 0.277 e. The van der Waals surface area contributed by atoms with Crippen molar-refractivity contribution in [1.82, 2.24) is 14.8 Å². The largest absolute Gasteiger partial charge is 0.416 e. The molecule has 27 heavy (non-hydrogen) atoms. The molecule has 138 valence electrons. The number of hydrogen-bond acceptors (Lipinski definition) is 5. The van der Waals surface area contributed by atoms with Crippen molar-refractivity contribution in [3.05, 3.63) is 66.2 Å². The van der Waals surface area contributed by atoms with E-state index in [1.54, 1.807) is 6.07 Å². The maximum atomic E-state index is 13.0. The van der Waals surface area contributed by atoms with Gasteiger partial charge < -0.3 is 0 Å². The Labute approximate surface area is 151 Å². The number of sulfonamides is 1. The number of benzene rings is 2. The van der Waals surface area contributed by atoms with Gasteiger partial charge in [-0.05, 0) is 36.4 Å². The van der Waals surface area contributed by atoms with Gasteiger partial charge in [0.05, 0.1) is 33.5 Å². The average Bonchev–Trinajstić information content (AvgIpc) is 3.15. The molecule has 0 saturated carbocycles. The van der Waals surface area contributed by atoms with Crippen molar-refractivity contribution in [3.8, 4) is 11.8 Å². The molecule has 0 radical (unpaired) electrons. The molecule has 7 nitrogen and oxygen atoms in total. The Morgan fingerprint density at radius 3 is 2.56 bits per heavy atom. The van der Waals surface area contributed by atoms with Crippen LogP contribution in [0.15, 0.2) is 60.0 Å². The number of nitrogens with one attached hydrogen (secondary N) is 1. The highest BCUT2D eigenvalue weighted by Crippen LogP contribution is 2.34. The minimum absolute atomic E-state index is 0.0560. The van der Waals surface area contributed by atoms with Crippen molar-refractivity contribution in [3.63, 3.8) is 0 Å². The van der Waals surface area contributed by atoms with Crippen LogP contribution in [0.1, 0.15) is 11.1 Å². The van der Waals surface area contributed by atoms with Gasteiger partial charge in [0.15, 0.2) is 0 Å². The first-order chi connectivity index (χ1) is 12.7. The number of alkyl halides is 3. The lowest BCUT2D eigenvalue weighted by atomic mass is 10.1. The SMILES string of the molecule is N#Cc1cccc(S(=O)(=O)Nc2cc(C(F)(F)F)ccc2-n2cncn2)c1. The quantitative estimate of drug-likeness (QED) is 0.734. The van der Waals surface area contributed by atoms with E-state index in [2.05, 4.69) is 14.8 Å². The standard InChI is InChI=1S/C16H10F3N5O2S/c17-16(18,19)12-4-5-15(24-10-21-9-22-24)14(7-12)23-27(25,26)13-3-1-2-11(6-13)8-20/h1-7,9-10,23H. The fourth-order valence-electron chi connectivity index (χ4n) is 2.26. The summed E-state index contributed by atoms with van der Waals surface area (Å²) in [7, 11) is -4.25. The molecule has 2 aromatic carbocycles. The van der Waals surface area contributed by atoms with Gasteiger partial charge >= 0.3 is 6.18 Å². The van der Waals surface area contributed by atoms with Gasteiger partial charge in [0.1, 0.15) is 12.7 Å². The third-order valence-corrected chi connectivity index (χ3v) is 4.87. The minimum Gasteiger partial charge on any atom is -0.277 e. The third-order valence-electron chi connectivity index (χ3n) is 3.51. The molecule has 0 bridgehead atoms. The van der Waals surface area contributed by atoms with E-state index in [9.17, 15) is 21.6 Å². The number of anilines is 1. The molecular weight excluding hydrogens is 383 g/mol. The van der Waals surface area contributed by atoms with Crippen LogP contribution in [0.3, 0.4) is 0 Å². The predicted molar refractivity (Wildman–Crippen MR) is 88.3 cm³/mol. The van der Waals surface area contributed by atoms with Crippen LogP contribution in [-0.2, 0) is 16.2 Å². The van der Waals surface area contributed by atoms with Crippen molar-refractivity contribution < 1.29 is 21.6 Å². The molecule has 0 atom stereocenters. The zero-order valence-corrected chi connectivity index (χ0v) is 14.2. The first-order valence-electron chi connectivity index (χ1n) is 7.30. The van der Waals surface area contributed by atoms with Gasteiger partial charge in [-0.3, -0.25) is 4.72 Å². The van der Waals surface area contributed by atoms with Crippen LogP contribution in [0.4, 0.5) is 18.9 Å². The zero-order valence-electron chi connectivity index (χ0n) is 13.3. The Balaban J connectivity index is 2.10. The lowest BCUT2D eigenvalue weighted by Gasteiger charge is -2.15. The number of nitriles is 1. The molecule has 0 saturated heterocycles. The summed E-state index contributed by atoms with van der Waals surface area (Å²) in [6.45, 7) is 0. The van der Waals surface area contributed by atoms with E-state index >= 15 is 0 Å². The first-order valence-corrected chi connectivity index (χ1v) is 8.78. The lowest BCUT2D eigenvalue weighted by molar-refractivity contribution is -0.137. The van der Waals surface area contributed by atoms with Gasteiger partial charge in [-0.25, -0.2) is 18.1 Å². The van der Waals surface area contributed by atoms with Crippen molar-refractivity contribution in [1.29, 1.82) is 5.26 Å². The normalized spacial score (nSPS) is 11.8. The number of halogens is 3. The summed E-state index contributed by atoms with van der Waals surface area (Å²) >= 11 is 0. The second kappa shape index (κ2) is 6.73. The molecule has 3 rings (SSSR count).